The predicted molar refractivity (Wildman–Crippen MR) is 103 cm³/mol. The lowest BCUT2D eigenvalue weighted by molar-refractivity contribution is -0.107. The van der Waals surface area contributed by atoms with Crippen molar-refractivity contribution in [2.45, 2.75) is 13.5 Å². The minimum atomic E-state index is 0.257. The molecule has 0 aliphatic heterocycles. The second-order valence-corrected chi connectivity index (χ2v) is 5.84. The Kier molecular flexibility index (Phi) is 5.83. The third kappa shape index (κ3) is 3.93. The lowest BCUT2D eigenvalue weighted by atomic mass is 10.2. The standard InChI is InChI=1S/C19H22N4O5/c1-5-27-19-14(25-3)8-13(9-15(19)26-4)11-28-18-7-6-16-20-17(22(2)12-24)10-23(16)21-18/h6-10,12H,5,11H2,1-4H3. The zero-order valence-electron chi connectivity index (χ0n) is 16.2. The van der Waals surface area contributed by atoms with E-state index < -0.39 is 0 Å². The van der Waals surface area contributed by atoms with Gasteiger partial charge in [0, 0.05) is 13.1 Å². The van der Waals surface area contributed by atoms with E-state index in [4.69, 9.17) is 18.9 Å². The summed E-state index contributed by atoms with van der Waals surface area (Å²) >= 11 is 0. The van der Waals surface area contributed by atoms with E-state index in [1.807, 2.05) is 19.1 Å². The number of nitrogens with zero attached hydrogens (tertiary/aromatic N) is 4. The van der Waals surface area contributed by atoms with E-state index in [0.29, 0.717) is 47.6 Å². The quantitative estimate of drug-likeness (QED) is 0.522. The van der Waals surface area contributed by atoms with Gasteiger partial charge in [0.2, 0.25) is 18.0 Å². The second-order valence-electron chi connectivity index (χ2n) is 5.84. The van der Waals surface area contributed by atoms with Crippen LogP contribution < -0.4 is 23.8 Å². The number of hydrogen-bond donors (Lipinski definition) is 0. The zero-order chi connectivity index (χ0) is 20.1. The highest BCUT2D eigenvalue weighted by Gasteiger charge is 2.14. The van der Waals surface area contributed by atoms with Crippen molar-refractivity contribution in [2.24, 2.45) is 0 Å². The Hall–Kier alpha value is -3.49. The summed E-state index contributed by atoms with van der Waals surface area (Å²) in [6, 6.07) is 7.15. The molecule has 9 heteroatoms. The maximum atomic E-state index is 10.9. The summed E-state index contributed by atoms with van der Waals surface area (Å²) in [6.07, 6.45) is 2.34. The average Bonchev–Trinajstić information content (AvgIpc) is 3.15. The fourth-order valence-electron chi connectivity index (χ4n) is 2.61. The van der Waals surface area contributed by atoms with E-state index in [0.717, 1.165) is 5.56 Å². The van der Waals surface area contributed by atoms with Crippen LogP contribution >= 0.6 is 0 Å². The lowest BCUT2D eigenvalue weighted by Crippen LogP contribution is -2.13. The molecular formula is C19H22N4O5. The molecule has 0 saturated heterocycles. The fraction of sp³-hybridized carbons (Fsp3) is 0.316. The highest BCUT2D eigenvalue weighted by molar-refractivity contribution is 5.72. The largest absolute Gasteiger partial charge is 0.493 e. The van der Waals surface area contributed by atoms with Crippen molar-refractivity contribution in [3.8, 4) is 23.1 Å². The molecule has 28 heavy (non-hydrogen) atoms. The molecule has 0 radical (unpaired) electrons. The molecule has 3 aromatic rings. The molecule has 2 heterocycles. The third-order valence-electron chi connectivity index (χ3n) is 4.00. The van der Waals surface area contributed by atoms with Gasteiger partial charge in [-0.15, -0.1) is 5.10 Å². The first-order chi connectivity index (χ1) is 13.6. The maximum absolute atomic E-state index is 10.9. The van der Waals surface area contributed by atoms with E-state index in [9.17, 15) is 4.79 Å². The van der Waals surface area contributed by atoms with Crippen LogP contribution in [-0.4, -0.2) is 48.9 Å². The zero-order valence-corrected chi connectivity index (χ0v) is 16.2. The van der Waals surface area contributed by atoms with E-state index in [2.05, 4.69) is 10.1 Å². The number of aromatic nitrogens is 3. The highest BCUT2D eigenvalue weighted by atomic mass is 16.5. The Morgan fingerprint density at radius 1 is 1.14 bits per heavy atom. The van der Waals surface area contributed by atoms with Gasteiger partial charge in [0.25, 0.3) is 0 Å². The number of methoxy groups -OCH3 is 2. The minimum Gasteiger partial charge on any atom is -0.493 e. The van der Waals surface area contributed by atoms with Gasteiger partial charge in [-0.05, 0) is 30.7 Å². The van der Waals surface area contributed by atoms with Crippen LogP contribution in [-0.2, 0) is 11.4 Å². The van der Waals surface area contributed by atoms with Crippen molar-refractivity contribution in [2.75, 3.05) is 32.8 Å². The molecule has 0 fully saturated rings. The summed E-state index contributed by atoms with van der Waals surface area (Å²) in [4.78, 5) is 16.6. The average molecular weight is 386 g/mol. The van der Waals surface area contributed by atoms with Gasteiger partial charge in [-0.2, -0.15) is 0 Å². The van der Waals surface area contributed by atoms with Gasteiger partial charge in [0.1, 0.15) is 6.61 Å². The molecule has 0 unspecified atom stereocenters. The van der Waals surface area contributed by atoms with E-state index in [1.165, 1.54) is 4.90 Å². The van der Waals surface area contributed by atoms with Crippen LogP contribution in [0.1, 0.15) is 12.5 Å². The number of imidazole rings is 1. The van der Waals surface area contributed by atoms with E-state index in [-0.39, 0.29) is 6.61 Å². The van der Waals surface area contributed by atoms with Gasteiger partial charge >= 0.3 is 0 Å². The molecule has 3 rings (SSSR count). The Morgan fingerprint density at radius 2 is 1.86 bits per heavy atom. The maximum Gasteiger partial charge on any atom is 0.232 e. The summed E-state index contributed by atoms with van der Waals surface area (Å²) < 4.78 is 23.8. The van der Waals surface area contributed by atoms with Gasteiger partial charge < -0.3 is 23.8 Å². The molecule has 0 spiro atoms. The van der Waals surface area contributed by atoms with Crippen molar-refractivity contribution < 1.29 is 23.7 Å². The lowest BCUT2D eigenvalue weighted by Gasteiger charge is -2.15. The van der Waals surface area contributed by atoms with E-state index in [1.54, 1.807) is 44.1 Å². The number of ether oxygens (including phenoxy) is 4. The molecule has 0 N–H and O–H groups in total. The molecule has 1 amide bonds. The predicted octanol–water partition coefficient (Wildman–Crippen LogP) is 2.32. The number of carbonyl (C=O) groups is 1. The summed E-state index contributed by atoms with van der Waals surface area (Å²) in [7, 11) is 4.77. The Labute approximate surface area is 162 Å². The van der Waals surface area contributed by atoms with Gasteiger partial charge in [-0.1, -0.05) is 0 Å². The van der Waals surface area contributed by atoms with Crippen molar-refractivity contribution in [1.82, 2.24) is 14.6 Å². The van der Waals surface area contributed by atoms with E-state index >= 15 is 0 Å². The van der Waals surface area contributed by atoms with Crippen LogP contribution in [0, 0.1) is 0 Å². The Bertz CT molecular complexity index is 947. The molecule has 148 valence electrons. The topological polar surface area (TPSA) is 87.4 Å². The molecule has 0 aliphatic carbocycles. The van der Waals surface area contributed by atoms with Gasteiger partial charge in [-0.25, -0.2) is 9.50 Å². The van der Waals surface area contributed by atoms with Crippen LogP contribution in [0.25, 0.3) is 5.65 Å². The molecule has 9 nitrogen and oxygen atoms in total. The second kappa shape index (κ2) is 8.47. The molecule has 1 aromatic carbocycles. The van der Waals surface area contributed by atoms with Crippen LogP contribution in [0.15, 0.2) is 30.5 Å². The van der Waals surface area contributed by atoms with Crippen molar-refractivity contribution >= 4 is 17.9 Å². The molecule has 0 bridgehead atoms. The highest BCUT2D eigenvalue weighted by Crippen LogP contribution is 2.38. The summed E-state index contributed by atoms with van der Waals surface area (Å²) in [5.41, 5.74) is 1.45. The minimum absolute atomic E-state index is 0.257. The first kappa shape index (κ1) is 19.3. The number of rotatable bonds is 9. The van der Waals surface area contributed by atoms with Gasteiger partial charge in [0.05, 0.1) is 27.0 Å². The molecule has 0 saturated carbocycles. The summed E-state index contributed by atoms with van der Waals surface area (Å²) in [5.74, 6) is 2.61. The normalized spacial score (nSPS) is 10.6. The monoisotopic (exact) mass is 386 g/mol. The van der Waals surface area contributed by atoms with Crippen molar-refractivity contribution in [1.29, 1.82) is 0 Å². The van der Waals surface area contributed by atoms with Crippen molar-refractivity contribution in [3.63, 3.8) is 0 Å². The van der Waals surface area contributed by atoms with Gasteiger partial charge in [-0.3, -0.25) is 4.79 Å². The molecular weight excluding hydrogens is 364 g/mol. The van der Waals surface area contributed by atoms with Crippen LogP contribution in [0.3, 0.4) is 0 Å². The number of anilines is 1. The Balaban J connectivity index is 1.80. The van der Waals surface area contributed by atoms with Gasteiger partial charge in [0.15, 0.2) is 23.0 Å². The van der Waals surface area contributed by atoms with Crippen LogP contribution in [0.4, 0.5) is 5.82 Å². The number of benzene rings is 1. The molecule has 0 aliphatic rings. The smallest absolute Gasteiger partial charge is 0.232 e. The number of carbonyl (C=O) groups excluding carboxylic acids is 1. The molecule has 2 aromatic heterocycles. The summed E-state index contributed by atoms with van der Waals surface area (Å²) in [5, 5.41) is 4.36. The van der Waals surface area contributed by atoms with Crippen LogP contribution in [0.2, 0.25) is 0 Å². The van der Waals surface area contributed by atoms with Crippen molar-refractivity contribution in [3.05, 3.63) is 36.0 Å². The Morgan fingerprint density at radius 3 is 2.46 bits per heavy atom. The number of amides is 1. The SMILES string of the molecule is CCOc1c(OC)cc(COc2ccc3nc(N(C)C=O)cn3n2)cc1OC. The third-order valence-corrected chi connectivity index (χ3v) is 4.00. The number of hydrogen-bond acceptors (Lipinski definition) is 7. The first-order valence-electron chi connectivity index (χ1n) is 8.64. The molecule has 0 atom stereocenters. The first-order valence-corrected chi connectivity index (χ1v) is 8.64. The fourth-order valence-corrected chi connectivity index (χ4v) is 2.61. The van der Waals surface area contributed by atoms with Crippen LogP contribution in [0.5, 0.6) is 23.1 Å². The summed E-state index contributed by atoms with van der Waals surface area (Å²) in [6.45, 7) is 2.65. The number of fused-ring (bicyclic) bond motifs is 1.